The predicted octanol–water partition coefficient (Wildman–Crippen LogP) is 3.86. The molecule has 1 atom stereocenters. The third-order valence-corrected chi connectivity index (χ3v) is 7.62. The van der Waals surface area contributed by atoms with Crippen LogP contribution in [0.5, 0.6) is 0 Å². The zero-order chi connectivity index (χ0) is 21.3. The SMILES string of the molecule is Cc1ccc2[nH]c(=O)c(CN(C[C@@H]3CCCO3)S(=O)(=O)c3ccccc3Cl)cc2c1. The first kappa shape index (κ1) is 21.1. The van der Waals surface area contributed by atoms with Gasteiger partial charge in [0.05, 0.1) is 11.1 Å². The summed E-state index contributed by atoms with van der Waals surface area (Å²) in [5.74, 6) is 0. The van der Waals surface area contributed by atoms with Gasteiger partial charge in [-0.3, -0.25) is 4.79 Å². The standard InChI is InChI=1S/C22H23ClN2O4S/c1-15-8-9-20-16(11-15)12-17(22(26)24-20)13-25(14-18-5-4-10-29-18)30(27,28)21-7-3-2-6-19(21)23/h2-3,6-9,11-12,18H,4-5,10,13-14H2,1H3,(H,24,26)/t18-/m0/s1. The van der Waals surface area contributed by atoms with Crippen LogP contribution in [0.2, 0.25) is 5.02 Å². The van der Waals surface area contributed by atoms with Crippen molar-refractivity contribution in [3.05, 3.63) is 75.0 Å². The minimum atomic E-state index is -3.93. The Balaban J connectivity index is 1.75. The van der Waals surface area contributed by atoms with E-state index in [1.807, 2.05) is 25.1 Å². The van der Waals surface area contributed by atoms with Gasteiger partial charge in [0.25, 0.3) is 5.56 Å². The molecule has 1 saturated heterocycles. The number of benzene rings is 2. The van der Waals surface area contributed by atoms with Crippen LogP contribution in [0.3, 0.4) is 0 Å². The lowest BCUT2D eigenvalue weighted by molar-refractivity contribution is 0.0925. The molecule has 1 aromatic heterocycles. The van der Waals surface area contributed by atoms with Crippen molar-refractivity contribution in [2.24, 2.45) is 0 Å². The number of ether oxygens (including phenoxy) is 1. The van der Waals surface area contributed by atoms with Crippen LogP contribution in [0.1, 0.15) is 24.0 Å². The second kappa shape index (κ2) is 8.51. The lowest BCUT2D eigenvalue weighted by Crippen LogP contribution is -2.38. The van der Waals surface area contributed by atoms with Crippen molar-refractivity contribution in [1.82, 2.24) is 9.29 Å². The van der Waals surface area contributed by atoms with Gasteiger partial charge in [-0.25, -0.2) is 8.42 Å². The molecular formula is C22H23ClN2O4S. The Hall–Kier alpha value is -2.19. The molecule has 4 rings (SSSR count). The first-order chi connectivity index (χ1) is 14.3. The topological polar surface area (TPSA) is 79.5 Å². The molecule has 8 heteroatoms. The summed E-state index contributed by atoms with van der Waals surface area (Å²) in [7, 11) is -3.93. The molecular weight excluding hydrogens is 424 g/mol. The second-order valence-electron chi connectivity index (χ2n) is 7.58. The fourth-order valence-corrected chi connectivity index (χ4v) is 5.68. The number of halogens is 1. The Morgan fingerprint density at radius 3 is 2.73 bits per heavy atom. The predicted molar refractivity (Wildman–Crippen MR) is 117 cm³/mol. The van der Waals surface area contributed by atoms with E-state index in [0.29, 0.717) is 17.7 Å². The van der Waals surface area contributed by atoms with Crippen LogP contribution >= 0.6 is 11.6 Å². The number of H-pyrrole nitrogens is 1. The third kappa shape index (κ3) is 4.30. The van der Waals surface area contributed by atoms with Gasteiger partial charge in [0, 0.05) is 30.8 Å². The van der Waals surface area contributed by atoms with Crippen molar-refractivity contribution in [3.8, 4) is 0 Å². The molecule has 0 aliphatic carbocycles. The number of pyridine rings is 1. The van der Waals surface area contributed by atoms with Crippen LogP contribution in [-0.2, 0) is 21.3 Å². The number of fused-ring (bicyclic) bond motifs is 1. The average Bonchev–Trinajstić information content (AvgIpc) is 3.21. The van der Waals surface area contributed by atoms with E-state index in [0.717, 1.165) is 23.8 Å². The van der Waals surface area contributed by atoms with Gasteiger partial charge >= 0.3 is 0 Å². The van der Waals surface area contributed by atoms with Crippen LogP contribution in [0.4, 0.5) is 0 Å². The highest BCUT2D eigenvalue weighted by Crippen LogP contribution is 2.27. The largest absolute Gasteiger partial charge is 0.377 e. The molecule has 0 amide bonds. The van der Waals surface area contributed by atoms with Crippen molar-refractivity contribution in [3.63, 3.8) is 0 Å². The molecule has 0 radical (unpaired) electrons. The van der Waals surface area contributed by atoms with E-state index in [-0.39, 0.29) is 34.7 Å². The van der Waals surface area contributed by atoms with Gasteiger partial charge in [-0.2, -0.15) is 4.31 Å². The third-order valence-electron chi connectivity index (χ3n) is 5.31. The van der Waals surface area contributed by atoms with Crippen LogP contribution < -0.4 is 5.56 Å². The highest BCUT2D eigenvalue weighted by molar-refractivity contribution is 7.89. The van der Waals surface area contributed by atoms with E-state index < -0.39 is 10.0 Å². The monoisotopic (exact) mass is 446 g/mol. The van der Waals surface area contributed by atoms with Gasteiger partial charge < -0.3 is 9.72 Å². The molecule has 0 spiro atoms. The Morgan fingerprint density at radius 1 is 1.20 bits per heavy atom. The number of aromatic nitrogens is 1. The van der Waals surface area contributed by atoms with Crippen molar-refractivity contribution >= 4 is 32.5 Å². The van der Waals surface area contributed by atoms with Crippen LogP contribution in [0.15, 0.2) is 58.2 Å². The Kier molecular flexibility index (Phi) is 5.97. The quantitative estimate of drug-likeness (QED) is 0.623. The highest BCUT2D eigenvalue weighted by atomic mass is 35.5. The Labute approximate surface area is 180 Å². The van der Waals surface area contributed by atoms with Crippen LogP contribution in [0.25, 0.3) is 10.9 Å². The van der Waals surface area contributed by atoms with Crippen molar-refractivity contribution < 1.29 is 13.2 Å². The molecule has 0 bridgehead atoms. The molecule has 2 aromatic carbocycles. The summed E-state index contributed by atoms with van der Waals surface area (Å²) in [6, 6.07) is 13.8. The molecule has 6 nitrogen and oxygen atoms in total. The van der Waals surface area contributed by atoms with Gasteiger partial charge in [-0.15, -0.1) is 0 Å². The fourth-order valence-electron chi connectivity index (χ4n) is 3.73. The van der Waals surface area contributed by atoms with E-state index >= 15 is 0 Å². The second-order valence-corrected chi connectivity index (χ2v) is 9.89. The van der Waals surface area contributed by atoms with E-state index in [4.69, 9.17) is 16.3 Å². The summed E-state index contributed by atoms with van der Waals surface area (Å²) in [5.41, 5.74) is 1.84. The smallest absolute Gasteiger partial charge is 0.252 e. The summed E-state index contributed by atoms with van der Waals surface area (Å²) in [6.45, 7) is 2.68. The molecule has 1 aliphatic heterocycles. The van der Waals surface area contributed by atoms with Gasteiger partial charge in [-0.1, -0.05) is 35.4 Å². The number of hydrogen-bond acceptors (Lipinski definition) is 4. The number of hydrogen-bond donors (Lipinski definition) is 1. The molecule has 3 aromatic rings. The first-order valence-corrected chi connectivity index (χ1v) is 11.7. The van der Waals surface area contributed by atoms with Gasteiger partial charge in [0.1, 0.15) is 4.90 Å². The molecule has 0 saturated carbocycles. The van der Waals surface area contributed by atoms with Crippen molar-refractivity contribution in [2.45, 2.75) is 37.3 Å². The lowest BCUT2D eigenvalue weighted by atomic mass is 10.1. The minimum Gasteiger partial charge on any atom is -0.377 e. The van der Waals surface area contributed by atoms with Crippen LogP contribution in [0, 0.1) is 6.92 Å². The molecule has 1 N–H and O–H groups in total. The first-order valence-electron chi connectivity index (χ1n) is 9.83. The summed E-state index contributed by atoms with van der Waals surface area (Å²) < 4.78 is 33.9. The molecule has 2 heterocycles. The maximum absolute atomic E-state index is 13.4. The summed E-state index contributed by atoms with van der Waals surface area (Å²) in [6.07, 6.45) is 1.46. The number of nitrogens with zero attached hydrogens (tertiary/aromatic N) is 1. The fraction of sp³-hybridized carbons (Fsp3) is 0.318. The Bertz CT molecular complexity index is 1230. The molecule has 30 heavy (non-hydrogen) atoms. The molecule has 1 fully saturated rings. The number of sulfonamides is 1. The average molecular weight is 447 g/mol. The zero-order valence-corrected chi connectivity index (χ0v) is 18.2. The summed E-state index contributed by atoms with van der Waals surface area (Å²) >= 11 is 6.19. The van der Waals surface area contributed by atoms with E-state index in [9.17, 15) is 13.2 Å². The van der Waals surface area contributed by atoms with Crippen molar-refractivity contribution in [2.75, 3.05) is 13.2 Å². The summed E-state index contributed by atoms with van der Waals surface area (Å²) in [5, 5.41) is 1.01. The normalized spacial score (nSPS) is 17.1. The number of rotatable bonds is 6. The van der Waals surface area contributed by atoms with Gasteiger partial charge in [0.2, 0.25) is 10.0 Å². The lowest BCUT2D eigenvalue weighted by Gasteiger charge is -2.25. The minimum absolute atomic E-state index is 0.0257. The highest BCUT2D eigenvalue weighted by Gasteiger charge is 2.31. The van der Waals surface area contributed by atoms with Gasteiger partial charge in [0.15, 0.2) is 0 Å². The Morgan fingerprint density at radius 2 is 2.00 bits per heavy atom. The maximum atomic E-state index is 13.4. The zero-order valence-electron chi connectivity index (χ0n) is 16.6. The number of aromatic amines is 1. The van der Waals surface area contributed by atoms with Crippen molar-refractivity contribution in [1.29, 1.82) is 0 Å². The van der Waals surface area contributed by atoms with E-state index in [1.165, 1.54) is 10.4 Å². The maximum Gasteiger partial charge on any atom is 0.252 e. The van der Waals surface area contributed by atoms with Gasteiger partial charge in [-0.05, 0) is 55.5 Å². The van der Waals surface area contributed by atoms with E-state index in [1.54, 1.807) is 24.3 Å². The number of aryl methyl sites for hydroxylation is 1. The van der Waals surface area contributed by atoms with E-state index in [2.05, 4.69) is 4.98 Å². The van der Waals surface area contributed by atoms with Crippen LogP contribution in [-0.4, -0.2) is 37.0 Å². The molecule has 1 aliphatic rings. The molecule has 158 valence electrons. The number of nitrogens with one attached hydrogen (secondary N) is 1. The summed E-state index contributed by atoms with van der Waals surface area (Å²) in [4.78, 5) is 15.6. The molecule has 0 unspecified atom stereocenters.